The zero-order valence-electron chi connectivity index (χ0n) is 7.33. The first kappa shape index (κ1) is 9.01. The van der Waals surface area contributed by atoms with Gasteiger partial charge in [0.1, 0.15) is 0 Å². The van der Waals surface area contributed by atoms with E-state index in [1.54, 1.807) is 0 Å². The van der Waals surface area contributed by atoms with Crippen LogP contribution in [0.15, 0.2) is 42.5 Å². The fourth-order valence-corrected chi connectivity index (χ4v) is 1.12. The summed E-state index contributed by atoms with van der Waals surface area (Å²) in [7, 11) is 0. The minimum absolute atomic E-state index is 0.399. The van der Waals surface area contributed by atoms with Crippen LogP contribution in [0.2, 0.25) is 0 Å². The normalized spacial score (nSPS) is 12.5. The van der Waals surface area contributed by atoms with Crippen molar-refractivity contribution in [1.82, 2.24) is 0 Å². The average molecular weight is 162 g/mol. The molecule has 1 rings (SSSR count). The Kier molecular flexibility index (Phi) is 3.06. The summed E-state index contributed by atoms with van der Waals surface area (Å²) >= 11 is 0. The maximum Gasteiger partial charge on any atom is 0.0826 e. The van der Waals surface area contributed by atoms with E-state index in [1.165, 1.54) is 0 Å². The molecule has 0 saturated heterocycles. The summed E-state index contributed by atoms with van der Waals surface area (Å²) < 4.78 is 0. The maximum atomic E-state index is 9.63. The van der Waals surface area contributed by atoms with Crippen molar-refractivity contribution < 1.29 is 5.11 Å². The molecule has 1 nitrogen and oxygen atoms in total. The molecule has 0 aliphatic carbocycles. The number of aliphatic hydroxyl groups is 1. The number of rotatable bonds is 3. The van der Waals surface area contributed by atoms with Gasteiger partial charge in [-0.15, -0.1) is 6.58 Å². The van der Waals surface area contributed by atoms with Crippen molar-refractivity contribution in [2.24, 2.45) is 0 Å². The molecule has 1 unspecified atom stereocenters. The van der Waals surface area contributed by atoms with Gasteiger partial charge in [-0.3, -0.25) is 0 Å². The summed E-state index contributed by atoms with van der Waals surface area (Å²) in [5.74, 6) is 0. The molecular formula is C11H14O. The van der Waals surface area contributed by atoms with Gasteiger partial charge in [-0.25, -0.2) is 0 Å². The lowest BCUT2D eigenvalue weighted by atomic mass is 10.0. The molecule has 0 aliphatic heterocycles. The van der Waals surface area contributed by atoms with E-state index < -0.39 is 6.10 Å². The predicted octanol–water partition coefficient (Wildman–Crippen LogP) is 2.69. The van der Waals surface area contributed by atoms with Gasteiger partial charge in [-0.05, 0) is 18.9 Å². The molecule has 0 spiro atoms. The molecule has 1 N–H and O–H groups in total. The fourth-order valence-electron chi connectivity index (χ4n) is 1.12. The first-order valence-electron chi connectivity index (χ1n) is 4.07. The first-order chi connectivity index (χ1) is 5.70. The summed E-state index contributed by atoms with van der Waals surface area (Å²) in [5, 5.41) is 9.63. The Morgan fingerprint density at radius 3 is 2.50 bits per heavy atom. The Hall–Kier alpha value is -1.08. The lowest BCUT2D eigenvalue weighted by Crippen LogP contribution is -1.96. The van der Waals surface area contributed by atoms with Crippen molar-refractivity contribution in [3.63, 3.8) is 0 Å². The number of hydrogen-bond donors (Lipinski definition) is 1. The van der Waals surface area contributed by atoms with E-state index in [1.807, 2.05) is 37.3 Å². The smallest absolute Gasteiger partial charge is 0.0826 e. The van der Waals surface area contributed by atoms with E-state index in [2.05, 4.69) is 6.58 Å². The predicted molar refractivity (Wildman–Crippen MR) is 50.8 cm³/mol. The molecule has 0 aromatic heterocycles. The van der Waals surface area contributed by atoms with E-state index in [0.717, 1.165) is 11.1 Å². The van der Waals surface area contributed by atoms with Gasteiger partial charge in [-0.2, -0.15) is 0 Å². The van der Waals surface area contributed by atoms with Crippen molar-refractivity contribution in [3.05, 3.63) is 48.0 Å². The molecule has 1 heteroatoms. The topological polar surface area (TPSA) is 20.2 Å². The summed E-state index contributed by atoms with van der Waals surface area (Å²) in [5.41, 5.74) is 1.96. The molecule has 0 radical (unpaired) electrons. The lowest BCUT2D eigenvalue weighted by Gasteiger charge is -2.09. The molecule has 64 valence electrons. The summed E-state index contributed by atoms with van der Waals surface area (Å²) in [4.78, 5) is 0. The minimum atomic E-state index is -0.399. The van der Waals surface area contributed by atoms with Crippen LogP contribution in [0.4, 0.5) is 0 Å². The SMILES string of the molecule is C=C(C)CC(O)c1ccccc1. The van der Waals surface area contributed by atoms with E-state index in [-0.39, 0.29) is 0 Å². The molecule has 0 fully saturated rings. The van der Waals surface area contributed by atoms with Crippen molar-refractivity contribution in [3.8, 4) is 0 Å². The number of benzene rings is 1. The minimum Gasteiger partial charge on any atom is -0.388 e. The molecule has 1 aromatic rings. The zero-order chi connectivity index (χ0) is 8.97. The van der Waals surface area contributed by atoms with Gasteiger partial charge < -0.3 is 5.11 Å². The summed E-state index contributed by atoms with van der Waals surface area (Å²) in [6.07, 6.45) is 0.244. The fraction of sp³-hybridized carbons (Fsp3) is 0.273. The molecule has 0 saturated carbocycles. The van der Waals surface area contributed by atoms with Gasteiger partial charge in [0, 0.05) is 0 Å². The second-order valence-corrected chi connectivity index (χ2v) is 3.09. The Morgan fingerprint density at radius 2 is 2.00 bits per heavy atom. The number of hydrogen-bond acceptors (Lipinski definition) is 1. The molecule has 1 atom stereocenters. The second-order valence-electron chi connectivity index (χ2n) is 3.09. The van der Waals surface area contributed by atoms with Crippen LogP contribution in [0.1, 0.15) is 25.0 Å². The third-order valence-corrected chi connectivity index (χ3v) is 1.73. The van der Waals surface area contributed by atoms with Crippen LogP contribution in [-0.2, 0) is 0 Å². The van der Waals surface area contributed by atoms with Crippen LogP contribution in [0.3, 0.4) is 0 Å². The Labute approximate surface area is 73.4 Å². The molecule has 0 bridgehead atoms. The van der Waals surface area contributed by atoms with E-state index in [0.29, 0.717) is 6.42 Å². The summed E-state index contributed by atoms with van der Waals surface area (Å²) in [6.45, 7) is 5.68. The van der Waals surface area contributed by atoms with Crippen molar-refractivity contribution in [2.75, 3.05) is 0 Å². The zero-order valence-corrected chi connectivity index (χ0v) is 7.33. The molecule has 0 aliphatic rings. The Balaban J connectivity index is 2.65. The van der Waals surface area contributed by atoms with Crippen LogP contribution in [0, 0.1) is 0 Å². The van der Waals surface area contributed by atoms with Crippen LogP contribution in [0.5, 0.6) is 0 Å². The monoisotopic (exact) mass is 162 g/mol. The lowest BCUT2D eigenvalue weighted by molar-refractivity contribution is 0.178. The quantitative estimate of drug-likeness (QED) is 0.677. The van der Waals surface area contributed by atoms with Gasteiger partial charge in [0.05, 0.1) is 6.10 Å². The third kappa shape index (κ3) is 2.51. The second kappa shape index (κ2) is 4.07. The number of aliphatic hydroxyl groups excluding tert-OH is 1. The average Bonchev–Trinajstić information content (AvgIpc) is 2.05. The Bertz CT molecular complexity index is 251. The van der Waals surface area contributed by atoms with Crippen molar-refractivity contribution >= 4 is 0 Å². The molecule has 1 aromatic carbocycles. The van der Waals surface area contributed by atoms with Gasteiger partial charge in [0.25, 0.3) is 0 Å². The van der Waals surface area contributed by atoms with E-state index in [9.17, 15) is 5.11 Å². The molecule has 12 heavy (non-hydrogen) atoms. The van der Waals surface area contributed by atoms with E-state index >= 15 is 0 Å². The van der Waals surface area contributed by atoms with Crippen LogP contribution in [-0.4, -0.2) is 5.11 Å². The maximum absolute atomic E-state index is 9.63. The highest BCUT2D eigenvalue weighted by atomic mass is 16.3. The van der Waals surface area contributed by atoms with Gasteiger partial charge in [0.2, 0.25) is 0 Å². The van der Waals surface area contributed by atoms with Crippen LogP contribution < -0.4 is 0 Å². The first-order valence-corrected chi connectivity index (χ1v) is 4.07. The highest BCUT2D eigenvalue weighted by molar-refractivity contribution is 5.18. The van der Waals surface area contributed by atoms with Crippen LogP contribution in [0.25, 0.3) is 0 Å². The molecule has 0 heterocycles. The van der Waals surface area contributed by atoms with Crippen molar-refractivity contribution in [1.29, 1.82) is 0 Å². The third-order valence-electron chi connectivity index (χ3n) is 1.73. The van der Waals surface area contributed by atoms with Crippen LogP contribution >= 0.6 is 0 Å². The van der Waals surface area contributed by atoms with Gasteiger partial charge in [-0.1, -0.05) is 35.9 Å². The largest absolute Gasteiger partial charge is 0.388 e. The van der Waals surface area contributed by atoms with Gasteiger partial charge in [0.15, 0.2) is 0 Å². The standard InChI is InChI=1S/C11H14O/c1-9(2)8-11(12)10-6-4-3-5-7-10/h3-7,11-12H,1,8H2,2H3. The highest BCUT2D eigenvalue weighted by Crippen LogP contribution is 2.18. The van der Waals surface area contributed by atoms with E-state index in [4.69, 9.17) is 0 Å². The van der Waals surface area contributed by atoms with Gasteiger partial charge >= 0.3 is 0 Å². The Morgan fingerprint density at radius 1 is 1.42 bits per heavy atom. The molecule has 0 amide bonds. The summed E-state index contributed by atoms with van der Waals surface area (Å²) in [6, 6.07) is 9.64. The van der Waals surface area contributed by atoms with Crippen molar-refractivity contribution in [2.45, 2.75) is 19.4 Å². The highest BCUT2D eigenvalue weighted by Gasteiger charge is 2.05. The molecular weight excluding hydrogens is 148 g/mol.